The molecule has 3 heteroatoms. The number of benzene rings is 1. The monoisotopic (exact) mass is 258 g/mol. The van der Waals surface area contributed by atoms with Crippen LogP contribution in [-0.4, -0.2) is 36.5 Å². The molecule has 19 heavy (non-hydrogen) atoms. The zero-order chi connectivity index (χ0) is 13.2. The minimum absolute atomic E-state index is 0.0834. The average Bonchev–Trinajstić information content (AvgIpc) is 2.89. The Kier molecular flexibility index (Phi) is 3.56. The number of nitrogens with zero attached hydrogens (tertiary/aromatic N) is 1. The van der Waals surface area contributed by atoms with Gasteiger partial charge in [0, 0.05) is 24.7 Å². The molecule has 1 aliphatic heterocycles. The van der Waals surface area contributed by atoms with E-state index in [1.54, 1.807) is 0 Å². The zero-order valence-electron chi connectivity index (χ0n) is 11.5. The second-order valence-electron chi connectivity index (χ2n) is 5.81. The molecular formula is C16H22N2O. The van der Waals surface area contributed by atoms with Gasteiger partial charge in [-0.05, 0) is 36.9 Å². The smallest absolute Gasteiger partial charge is 0.251 e. The van der Waals surface area contributed by atoms with E-state index in [1.807, 2.05) is 30.3 Å². The molecular weight excluding hydrogens is 236 g/mol. The lowest BCUT2D eigenvalue weighted by atomic mass is 10.2. The Hall–Kier alpha value is -1.35. The van der Waals surface area contributed by atoms with Gasteiger partial charge in [-0.3, -0.25) is 4.79 Å². The predicted octanol–water partition coefficient (Wildman–Crippen LogP) is 2.15. The van der Waals surface area contributed by atoms with Crippen molar-refractivity contribution < 1.29 is 4.79 Å². The molecule has 102 valence electrons. The minimum atomic E-state index is 0.0834. The second kappa shape index (κ2) is 5.33. The van der Waals surface area contributed by atoms with Crippen molar-refractivity contribution in [2.45, 2.75) is 25.8 Å². The van der Waals surface area contributed by atoms with E-state index in [0.717, 1.165) is 5.56 Å². The summed E-state index contributed by atoms with van der Waals surface area (Å²) in [6, 6.07) is 9.94. The highest BCUT2D eigenvalue weighted by molar-refractivity contribution is 5.94. The number of amides is 1. The average molecular weight is 258 g/mol. The van der Waals surface area contributed by atoms with Crippen LogP contribution in [0.15, 0.2) is 30.3 Å². The normalized spacial score (nSPS) is 29.0. The summed E-state index contributed by atoms with van der Waals surface area (Å²) in [5.74, 6) is 1.48. The number of likely N-dealkylation sites (tertiary alicyclic amines) is 1. The van der Waals surface area contributed by atoms with Crippen LogP contribution in [0.4, 0.5) is 0 Å². The maximum Gasteiger partial charge on any atom is 0.251 e. The first kappa shape index (κ1) is 12.7. The first-order valence-electron chi connectivity index (χ1n) is 7.38. The van der Waals surface area contributed by atoms with Gasteiger partial charge in [0.25, 0.3) is 5.91 Å². The van der Waals surface area contributed by atoms with E-state index in [1.165, 1.54) is 32.5 Å². The maximum atomic E-state index is 12.1. The summed E-state index contributed by atoms with van der Waals surface area (Å²) in [4.78, 5) is 14.6. The largest absolute Gasteiger partial charge is 0.349 e. The van der Waals surface area contributed by atoms with Crippen LogP contribution in [0.2, 0.25) is 0 Å². The summed E-state index contributed by atoms with van der Waals surface area (Å²) in [6.45, 7) is 5.80. The minimum Gasteiger partial charge on any atom is -0.349 e. The SMILES string of the molecule is CCCCN1C[C@@H]2C(NC(=O)c3ccccc3)[C@@H]2C1. The molecule has 1 heterocycles. The molecule has 3 nitrogen and oxygen atoms in total. The van der Waals surface area contributed by atoms with E-state index in [0.29, 0.717) is 17.9 Å². The molecule has 1 saturated carbocycles. The summed E-state index contributed by atoms with van der Waals surface area (Å²) in [6.07, 6.45) is 2.56. The summed E-state index contributed by atoms with van der Waals surface area (Å²) < 4.78 is 0. The van der Waals surface area contributed by atoms with Gasteiger partial charge in [-0.2, -0.15) is 0 Å². The number of hydrogen-bond acceptors (Lipinski definition) is 2. The van der Waals surface area contributed by atoms with Gasteiger partial charge in [-0.15, -0.1) is 0 Å². The molecule has 3 rings (SSSR count). The molecule has 0 spiro atoms. The first-order chi connectivity index (χ1) is 9.29. The van der Waals surface area contributed by atoms with Crippen molar-refractivity contribution in [1.29, 1.82) is 0 Å². The van der Waals surface area contributed by atoms with Gasteiger partial charge < -0.3 is 10.2 Å². The molecule has 1 saturated heterocycles. The van der Waals surface area contributed by atoms with E-state index in [-0.39, 0.29) is 5.91 Å². The number of rotatable bonds is 5. The van der Waals surface area contributed by atoms with Crippen molar-refractivity contribution in [1.82, 2.24) is 10.2 Å². The second-order valence-corrected chi connectivity index (χ2v) is 5.81. The first-order valence-corrected chi connectivity index (χ1v) is 7.38. The van der Waals surface area contributed by atoms with E-state index in [9.17, 15) is 4.79 Å². The Morgan fingerprint density at radius 2 is 1.95 bits per heavy atom. The zero-order valence-corrected chi connectivity index (χ0v) is 11.5. The number of hydrogen-bond donors (Lipinski definition) is 1. The van der Waals surface area contributed by atoms with Gasteiger partial charge in [-0.25, -0.2) is 0 Å². The Labute approximate surface area is 115 Å². The molecule has 0 aromatic heterocycles. The predicted molar refractivity (Wildman–Crippen MR) is 76.0 cm³/mol. The van der Waals surface area contributed by atoms with Crippen LogP contribution in [0.3, 0.4) is 0 Å². The number of unbranched alkanes of at least 4 members (excludes halogenated alkanes) is 1. The van der Waals surface area contributed by atoms with Gasteiger partial charge >= 0.3 is 0 Å². The quantitative estimate of drug-likeness (QED) is 0.877. The van der Waals surface area contributed by atoms with E-state index < -0.39 is 0 Å². The van der Waals surface area contributed by atoms with Crippen molar-refractivity contribution in [3.05, 3.63) is 35.9 Å². The molecule has 0 radical (unpaired) electrons. The van der Waals surface area contributed by atoms with E-state index >= 15 is 0 Å². The van der Waals surface area contributed by atoms with Gasteiger partial charge in [0.2, 0.25) is 0 Å². The topological polar surface area (TPSA) is 32.3 Å². The fraction of sp³-hybridized carbons (Fsp3) is 0.562. The Morgan fingerprint density at radius 1 is 1.26 bits per heavy atom. The molecule has 0 bridgehead atoms. The number of carbonyl (C=O) groups excluding carboxylic acids is 1. The third-order valence-corrected chi connectivity index (χ3v) is 4.43. The molecule has 3 atom stereocenters. The number of nitrogens with one attached hydrogen (secondary N) is 1. The summed E-state index contributed by atoms with van der Waals surface area (Å²) in [5.41, 5.74) is 0.773. The molecule has 2 aliphatic rings. The highest BCUT2D eigenvalue weighted by atomic mass is 16.1. The summed E-state index contributed by atoms with van der Waals surface area (Å²) >= 11 is 0. The number of fused-ring (bicyclic) bond motifs is 1. The maximum absolute atomic E-state index is 12.1. The third kappa shape index (κ3) is 2.66. The summed E-state index contributed by atoms with van der Waals surface area (Å²) in [7, 11) is 0. The fourth-order valence-electron chi connectivity index (χ4n) is 3.22. The molecule has 1 amide bonds. The molecule has 1 aromatic carbocycles. The van der Waals surface area contributed by atoms with Crippen molar-refractivity contribution >= 4 is 5.91 Å². The Morgan fingerprint density at radius 3 is 2.58 bits per heavy atom. The van der Waals surface area contributed by atoms with Gasteiger partial charge in [0.05, 0.1) is 0 Å². The third-order valence-electron chi connectivity index (χ3n) is 4.43. The van der Waals surface area contributed by atoms with Gasteiger partial charge in [0.1, 0.15) is 0 Å². The van der Waals surface area contributed by atoms with E-state index in [4.69, 9.17) is 0 Å². The highest BCUT2D eigenvalue weighted by Crippen LogP contribution is 2.45. The summed E-state index contributed by atoms with van der Waals surface area (Å²) in [5, 5.41) is 3.18. The van der Waals surface area contributed by atoms with Crippen LogP contribution in [0.5, 0.6) is 0 Å². The van der Waals surface area contributed by atoms with Crippen LogP contribution in [0.1, 0.15) is 30.1 Å². The van der Waals surface area contributed by atoms with Crippen LogP contribution < -0.4 is 5.32 Å². The number of piperidine rings is 1. The van der Waals surface area contributed by atoms with Crippen molar-refractivity contribution in [3.63, 3.8) is 0 Å². The van der Waals surface area contributed by atoms with Crippen LogP contribution in [-0.2, 0) is 0 Å². The fourth-order valence-corrected chi connectivity index (χ4v) is 3.22. The van der Waals surface area contributed by atoms with Gasteiger partial charge in [-0.1, -0.05) is 31.5 Å². The molecule has 1 aromatic rings. The lowest BCUT2D eigenvalue weighted by molar-refractivity contribution is 0.0943. The van der Waals surface area contributed by atoms with Crippen molar-refractivity contribution in [2.75, 3.05) is 19.6 Å². The Bertz CT molecular complexity index is 433. The van der Waals surface area contributed by atoms with Crippen molar-refractivity contribution in [3.8, 4) is 0 Å². The molecule has 1 unspecified atom stereocenters. The molecule has 1 aliphatic carbocycles. The lowest BCUT2D eigenvalue weighted by Gasteiger charge is -2.19. The van der Waals surface area contributed by atoms with Crippen molar-refractivity contribution in [2.24, 2.45) is 11.8 Å². The number of carbonyl (C=O) groups is 1. The molecule has 1 N–H and O–H groups in total. The highest BCUT2D eigenvalue weighted by Gasteiger charge is 2.56. The lowest BCUT2D eigenvalue weighted by Crippen LogP contribution is -2.34. The Balaban J connectivity index is 1.47. The van der Waals surface area contributed by atoms with Gasteiger partial charge in [0.15, 0.2) is 0 Å². The van der Waals surface area contributed by atoms with E-state index in [2.05, 4.69) is 17.1 Å². The van der Waals surface area contributed by atoms with Crippen LogP contribution >= 0.6 is 0 Å². The molecule has 2 fully saturated rings. The standard InChI is InChI=1S/C16H22N2O/c1-2-3-9-18-10-13-14(11-18)15(13)17-16(19)12-7-5-4-6-8-12/h4-8,13-15H,2-3,9-11H2,1H3,(H,17,19)/t13-,14+,15?. The van der Waals surface area contributed by atoms with Crippen LogP contribution in [0.25, 0.3) is 0 Å². The van der Waals surface area contributed by atoms with Crippen LogP contribution in [0, 0.1) is 11.8 Å².